The van der Waals surface area contributed by atoms with Gasteiger partial charge in [0.05, 0.1) is 6.10 Å². The first-order chi connectivity index (χ1) is 10.9. The predicted molar refractivity (Wildman–Crippen MR) is 84.7 cm³/mol. The quantitative estimate of drug-likeness (QED) is 0.396. The zero-order valence-corrected chi connectivity index (χ0v) is 15.5. The van der Waals surface area contributed by atoms with Crippen molar-refractivity contribution in [3.05, 3.63) is 0 Å². The second kappa shape index (κ2) is 10.7. The average molecular weight is 408 g/mol. The van der Waals surface area contributed by atoms with Crippen molar-refractivity contribution in [2.24, 2.45) is 0 Å². The Morgan fingerprint density at radius 3 is 1.79 bits per heavy atom. The lowest BCUT2D eigenvalue weighted by Gasteiger charge is -2.01. The molecule has 0 saturated heterocycles. The van der Waals surface area contributed by atoms with E-state index < -0.39 is 31.2 Å². The van der Waals surface area contributed by atoms with Crippen molar-refractivity contribution in [3.63, 3.8) is 0 Å². The van der Waals surface area contributed by atoms with Gasteiger partial charge in [-0.2, -0.15) is 16.8 Å². The highest BCUT2D eigenvalue weighted by Crippen LogP contribution is 2.25. The second-order valence-electron chi connectivity index (χ2n) is 4.55. The molecule has 1 unspecified atom stereocenters. The standard InChI is InChI=1S/C8H18O.C2H2N2O8S3/c1-3-4-5-6-7-8(2)9;5-14(6,7)11-1-3-4-2(13-1)12-15(8,9)10/h8-9H,3-7H2,1-2H3;(H,5,6,7)(H,8,9,10). The van der Waals surface area contributed by atoms with E-state index in [1.165, 1.54) is 25.7 Å². The van der Waals surface area contributed by atoms with Gasteiger partial charge >= 0.3 is 31.2 Å². The van der Waals surface area contributed by atoms with E-state index in [0.29, 0.717) is 0 Å². The van der Waals surface area contributed by atoms with E-state index in [2.05, 4.69) is 25.5 Å². The highest BCUT2D eigenvalue weighted by molar-refractivity contribution is 7.81. The maximum atomic E-state index is 10.2. The molecule has 1 heterocycles. The van der Waals surface area contributed by atoms with Gasteiger partial charge in [0.1, 0.15) is 0 Å². The van der Waals surface area contributed by atoms with E-state index >= 15 is 0 Å². The lowest BCUT2D eigenvalue weighted by Crippen LogP contribution is -2.06. The Hall–Kier alpha value is -1.06. The third-order valence-corrected chi connectivity index (χ3v) is 3.84. The molecule has 0 aliphatic heterocycles. The van der Waals surface area contributed by atoms with E-state index in [1.54, 1.807) is 0 Å². The van der Waals surface area contributed by atoms with Crippen molar-refractivity contribution >= 4 is 32.1 Å². The van der Waals surface area contributed by atoms with E-state index in [0.717, 1.165) is 6.42 Å². The Bertz CT molecular complexity index is 621. The van der Waals surface area contributed by atoms with Gasteiger partial charge < -0.3 is 13.5 Å². The van der Waals surface area contributed by atoms with Gasteiger partial charge in [0.15, 0.2) is 0 Å². The van der Waals surface area contributed by atoms with Gasteiger partial charge in [0.2, 0.25) is 0 Å². The third-order valence-electron chi connectivity index (χ3n) is 2.22. The Morgan fingerprint density at radius 2 is 1.46 bits per heavy atom. The molecule has 1 rings (SSSR count). The molecule has 0 aromatic carbocycles. The number of rotatable bonds is 9. The lowest BCUT2D eigenvalue weighted by atomic mass is 10.1. The topological polar surface area (TPSA) is 173 Å². The Labute approximate surface area is 144 Å². The molecule has 0 aliphatic rings. The van der Waals surface area contributed by atoms with Gasteiger partial charge in [-0.05, 0) is 24.7 Å². The minimum absolute atomic E-state index is 0.0955. The van der Waals surface area contributed by atoms with E-state index in [9.17, 15) is 16.8 Å². The molecule has 1 aromatic rings. The molecule has 0 amide bonds. The summed E-state index contributed by atoms with van der Waals surface area (Å²) in [5.74, 6) is 0. The number of aromatic nitrogens is 2. The fraction of sp³-hybridized carbons (Fsp3) is 0.800. The van der Waals surface area contributed by atoms with Gasteiger partial charge in [-0.3, -0.25) is 9.11 Å². The second-order valence-corrected chi connectivity index (χ2v) is 7.50. The first-order valence-corrected chi connectivity index (χ1v) is 10.3. The van der Waals surface area contributed by atoms with Gasteiger partial charge in [-0.1, -0.05) is 42.8 Å². The van der Waals surface area contributed by atoms with Crippen LogP contribution in [-0.4, -0.2) is 47.3 Å². The number of hydrogen-bond donors (Lipinski definition) is 3. The Kier molecular flexibility index (Phi) is 10.3. The summed E-state index contributed by atoms with van der Waals surface area (Å²) in [5, 5.41) is 13.5. The number of hydrogen-bond acceptors (Lipinski definition) is 10. The van der Waals surface area contributed by atoms with E-state index in [1.807, 2.05) is 6.92 Å². The van der Waals surface area contributed by atoms with Crippen LogP contribution in [0.4, 0.5) is 0 Å². The van der Waals surface area contributed by atoms with Crippen LogP contribution in [0.25, 0.3) is 0 Å². The van der Waals surface area contributed by atoms with Gasteiger partial charge in [0, 0.05) is 0 Å². The van der Waals surface area contributed by atoms with Crippen LogP contribution in [0.2, 0.25) is 0 Å². The van der Waals surface area contributed by atoms with E-state index in [4.69, 9.17) is 14.2 Å². The van der Waals surface area contributed by atoms with Crippen LogP contribution in [-0.2, 0) is 20.8 Å². The number of aliphatic hydroxyl groups excluding tert-OH is 1. The van der Waals surface area contributed by atoms with Crippen molar-refractivity contribution in [1.29, 1.82) is 0 Å². The summed E-state index contributed by atoms with van der Waals surface area (Å²) in [7, 11) is -9.53. The molecule has 0 aliphatic carbocycles. The summed E-state index contributed by atoms with van der Waals surface area (Å²) in [5.41, 5.74) is 0. The minimum Gasteiger partial charge on any atom is -0.393 e. The molecule has 11 nitrogen and oxygen atoms in total. The zero-order chi connectivity index (χ0) is 18.8. The first-order valence-electron chi connectivity index (χ1n) is 6.78. The summed E-state index contributed by atoms with van der Waals surface area (Å²) in [6.45, 7) is 4.05. The van der Waals surface area contributed by atoms with Gasteiger partial charge in [0.25, 0.3) is 0 Å². The predicted octanol–water partition coefficient (Wildman–Crippen LogP) is 1.24. The number of unbranched alkanes of at least 4 members (excludes halogenated alkanes) is 3. The largest absolute Gasteiger partial charge is 0.448 e. The summed E-state index contributed by atoms with van der Waals surface area (Å²) in [4.78, 5) is 0. The molecular weight excluding hydrogens is 388 g/mol. The molecule has 0 saturated carbocycles. The van der Waals surface area contributed by atoms with Crippen LogP contribution in [0.15, 0.2) is 0 Å². The van der Waals surface area contributed by atoms with Crippen LogP contribution < -0.4 is 8.37 Å². The highest BCUT2D eigenvalue weighted by atomic mass is 32.3. The molecule has 1 aromatic heterocycles. The first kappa shape index (κ1) is 22.9. The molecular formula is C10H20N2O9S3. The van der Waals surface area contributed by atoms with Crippen molar-refractivity contribution in [2.75, 3.05) is 0 Å². The number of nitrogens with zero attached hydrogens (tertiary/aromatic N) is 2. The van der Waals surface area contributed by atoms with Crippen molar-refractivity contribution in [2.45, 2.75) is 52.1 Å². The fourth-order valence-electron chi connectivity index (χ4n) is 1.31. The molecule has 3 N–H and O–H groups in total. The SMILES string of the molecule is CCCCCCC(C)O.O=S(=O)(O)Oc1nnc(OS(=O)(=O)O)s1. The molecule has 0 radical (unpaired) electrons. The molecule has 0 bridgehead atoms. The van der Waals surface area contributed by atoms with Crippen molar-refractivity contribution < 1.29 is 39.4 Å². The monoisotopic (exact) mass is 408 g/mol. The zero-order valence-electron chi connectivity index (χ0n) is 13.0. The molecule has 24 heavy (non-hydrogen) atoms. The normalized spacial score (nSPS) is 12.9. The van der Waals surface area contributed by atoms with Gasteiger partial charge in [-0.15, -0.1) is 0 Å². The maximum absolute atomic E-state index is 10.2. The summed E-state index contributed by atoms with van der Waals surface area (Å²) < 4.78 is 64.6. The summed E-state index contributed by atoms with van der Waals surface area (Å²) in [6, 6.07) is 0. The summed E-state index contributed by atoms with van der Waals surface area (Å²) >= 11 is 0.242. The smallest absolute Gasteiger partial charge is 0.393 e. The Morgan fingerprint density at radius 1 is 1.00 bits per heavy atom. The van der Waals surface area contributed by atoms with E-state index in [-0.39, 0.29) is 17.4 Å². The molecule has 0 spiro atoms. The molecule has 0 fully saturated rings. The van der Waals surface area contributed by atoms with Crippen molar-refractivity contribution in [1.82, 2.24) is 10.2 Å². The van der Waals surface area contributed by atoms with Crippen LogP contribution in [0.1, 0.15) is 46.0 Å². The van der Waals surface area contributed by atoms with Gasteiger partial charge in [-0.25, -0.2) is 0 Å². The lowest BCUT2D eigenvalue weighted by molar-refractivity contribution is 0.180. The maximum Gasteiger partial charge on any atom is 0.448 e. The van der Waals surface area contributed by atoms with Crippen LogP contribution in [0, 0.1) is 0 Å². The van der Waals surface area contributed by atoms with Crippen LogP contribution in [0.5, 0.6) is 10.4 Å². The minimum atomic E-state index is -4.77. The van der Waals surface area contributed by atoms with Crippen molar-refractivity contribution in [3.8, 4) is 10.4 Å². The van der Waals surface area contributed by atoms with Crippen LogP contribution >= 0.6 is 11.3 Å². The fourth-order valence-corrected chi connectivity index (χ4v) is 2.84. The highest BCUT2D eigenvalue weighted by Gasteiger charge is 2.16. The average Bonchev–Trinajstić information content (AvgIpc) is 2.77. The molecule has 1 atom stereocenters. The van der Waals surface area contributed by atoms with Crippen LogP contribution in [0.3, 0.4) is 0 Å². The third kappa shape index (κ3) is 14.5. The molecule has 14 heteroatoms. The molecule has 142 valence electrons. The Balaban J connectivity index is 0.000000506. The summed E-state index contributed by atoms with van der Waals surface area (Å²) in [6.07, 6.45) is 5.93. The number of aliphatic hydroxyl groups is 1.